The molecule has 7 nitrogen and oxygen atoms in total. The van der Waals surface area contributed by atoms with E-state index in [1.54, 1.807) is 35.2 Å². The minimum Gasteiger partial charge on any atom is -0.494 e. The van der Waals surface area contributed by atoms with Crippen LogP contribution in [0.3, 0.4) is 0 Å². The number of H-pyrrole nitrogens is 1. The van der Waals surface area contributed by atoms with Crippen LogP contribution in [0.4, 0.5) is 4.39 Å². The first kappa shape index (κ1) is 21.0. The number of aromatic nitrogens is 1. The molecule has 2 amide bonds. The molecule has 4 N–H and O–H groups in total. The van der Waals surface area contributed by atoms with E-state index in [4.69, 9.17) is 10.5 Å². The molecule has 0 unspecified atom stereocenters. The van der Waals surface area contributed by atoms with Crippen LogP contribution in [-0.4, -0.2) is 53.1 Å². The number of halogens is 1. The van der Waals surface area contributed by atoms with Crippen LogP contribution < -0.4 is 10.5 Å². The predicted octanol–water partition coefficient (Wildman–Crippen LogP) is 3.44. The van der Waals surface area contributed by atoms with Crippen LogP contribution in [0.2, 0.25) is 0 Å². The Morgan fingerprint density at radius 1 is 1.12 bits per heavy atom. The van der Waals surface area contributed by atoms with Crippen molar-refractivity contribution in [2.45, 2.75) is 12.5 Å². The number of aromatic amines is 1. The average Bonchev–Trinajstić information content (AvgIpc) is 3.40. The number of rotatable bonds is 4. The normalized spacial score (nSPS) is 16.0. The minimum absolute atomic E-state index is 0.122. The fourth-order valence-electron chi connectivity index (χ4n) is 4.45. The van der Waals surface area contributed by atoms with Gasteiger partial charge in [-0.05, 0) is 60.0 Å². The summed E-state index contributed by atoms with van der Waals surface area (Å²) in [6.07, 6.45) is 0.0570. The number of ether oxygens (including phenoxy) is 1. The predicted molar refractivity (Wildman–Crippen MR) is 123 cm³/mol. The first-order valence-corrected chi connectivity index (χ1v) is 10.6. The van der Waals surface area contributed by atoms with Gasteiger partial charge in [-0.25, -0.2) is 4.39 Å². The molecule has 2 heterocycles. The maximum atomic E-state index is 14.3. The van der Waals surface area contributed by atoms with Crippen LogP contribution in [0, 0.1) is 5.82 Å². The van der Waals surface area contributed by atoms with Crippen molar-refractivity contribution in [1.82, 2.24) is 9.88 Å². The molecule has 0 bridgehead atoms. The highest BCUT2D eigenvalue weighted by molar-refractivity contribution is 6.17. The number of aliphatic hydroxyl groups excluding tert-OH is 1. The van der Waals surface area contributed by atoms with Gasteiger partial charge in [-0.2, -0.15) is 0 Å². The Hall–Kier alpha value is -3.91. The van der Waals surface area contributed by atoms with Crippen LogP contribution in [0.5, 0.6) is 5.75 Å². The number of primary amides is 1. The zero-order valence-electron chi connectivity index (χ0n) is 17.9. The monoisotopic (exact) mass is 447 g/mol. The summed E-state index contributed by atoms with van der Waals surface area (Å²) >= 11 is 0. The van der Waals surface area contributed by atoms with Crippen molar-refractivity contribution in [3.05, 3.63) is 65.5 Å². The number of nitrogens with zero attached hydrogens (tertiary/aromatic N) is 1. The molecule has 5 rings (SSSR count). The third-order valence-corrected chi connectivity index (χ3v) is 6.16. The second-order valence-corrected chi connectivity index (χ2v) is 8.24. The smallest absolute Gasteiger partial charge is 0.253 e. The molecule has 1 aromatic heterocycles. The number of aliphatic hydroxyl groups is 1. The lowest BCUT2D eigenvalue weighted by atomic mass is 9.98. The molecule has 33 heavy (non-hydrogen) atoms. The molecule has 1 saturated heterocycles. The lowest BCUT2D eigenvalue weighted by Crippen LogP contribution is -2.29. The van der Waals surface area contributed by atoms with Crippen LogP contribution in [0.1, 0.15) is 27.1 Å². The number of benzene rings is 3. The van der Waals surface area contributed by atoms with Gasteiger partial charge in [0.2, 0.25) is 0 Å². The highest BCUT2D eigenvalue weighted by Crippen LogP contribution is 2.34. The van der Waals surface area contributed by atoms with E-state index in [1.165, 1.54) is 19.2 Å². The molecule has 3 aromatic carbocycles. The molecule has 0 radical (unpaired) electrons. The van der Waals surface area contributed by atoms with E-state index in [-0.39, 0.29) is 17.2 Å². The van der Waals surface area contributed by atoms with Crippen molar-refractivity contribution in [3.8, 4) is 16.9 Å². The standard InChI is InChI=1S/C25H22FN3O4/c1-33-22-5-3-13(11-20(22)26)15-9-18-17-8-14(25(32)29-7-6-16(30)12-29)2-4-21(17)28-23(18)19(10-15)24(27)31/h2-5,8-11,16,28,30H,6-7,12H2,1H3,(H2,27,31)/t16-/m1/s1. The van der Waals surface area contributed by atoms with Crippen molar-refractivity contribution in [3.63, 3.8) is 0 Å². The first-order chi connectivity index (χ1) is 15.9. The van der Waals surface area contributed by atoms with E-state index in [0.29, 0.717) is 47.1 Å². The highest BCUT2D eigenvalue weighted by Gasteiger charge is 2.26. The maximum Gasteiger partial charge on any atom is 0.253 e. The summed E-state index contributed by atoms with van der Waals surface area (Å²) in [5.41, 5.74) is 8.88. The molecular formula is C25H22FN3O4. The van der Waals surface area contributed by atoms with Crippen molar-refractivity contribution in [1.29, 1.82) is 0 Å². The molecule has 0 spiro atoms. The van der Waals surface area contributed by atoms with Gasteiger partial charge in [0.15, 0.2) is 11.6 Å². The van der Waals surface area contributed by atoms with Gasteiger partial charge >= 0.3 is 0 Å². The molecule has 8 heteroatoms. The van der Waals surface area contributed by atoms with E-state index in [2.05, 4.69) is 4.98 Å². The fraction of sp³-hybridized carbons (Fsp3) is 0.200. The topological polar surface area (TPSA) is 109 Å². The van der Waals surface area contributed by atoms with E-state index in [0.717, 1.165) is 10.9 Å². The Labute approximate surface area is 188 Å². The number of fused-ring (bicyclic) bond motifs is 3. The average molecular weight is 447 g/mol. The first-order valence-electron chi connectivity index (χ1n) is 10.6. The summed E-state index contributed by atoms with van der Waals surface area (Å²) in [6, 6.07) is 13.3. The van der Waals surface area contributed by atoms with Gasteiger partial charge in [0, 0.05) is 34.9 Å². The van der Waals surface area contributed by atoms with Crippen LogP contribution in [-0.2, 0) is 0 Å². The van der Waals surface area contributed by atoms with Crippen molar-refractivity contribution >= 4 is 33.6 Å². The second kappa shape index (κ2) is 7.90. The Balaban J connectivity index is 1.68. The summed E-state index contributed by atoms with van der Waals surface area (Å²) in [6.45, 7) is 0.814. The third-order valence-electron chi connectivity index (χ3n) is 6.16. The number of nitrogens with one attached hydrogen (secondary N) is 1. The number of likely N-dealkylation sites (tertiary alicyclic amines) is 1. The zero-order valence-corrected chi connectivity index (χ0v) is 17.9. The summed E-state index contributed by atoms with van der Waals surface area (Å²) in [5.74, 6) is -1.18. The molecular weight excluding hydrogens is 425 g/mol. The largest absolute Gasteiger partial charge is 0.494 e. The highest BCUT2D eigenvalue weighted by atomic mass is 19.1. The number of hydrogen-bond acceptors (Lipinski definition) is 4. The number of amides is 2. The SMILES string of the molecule is COc1ccc(-c2cc(C(N)=O)c3[nH]c4ccc(C(=O)N5CC[C@@H](O)C5)cc4c3c2)cc1F. The molecule has 4 aromatic rings. The van der Waals surface area contributed by atoms with Gasteiger partial charge in [0.05, 0.1) is 24.3 Å². The molecule has 0 aliphatic carbocycles. The zero-order chi connectivity index (χ0) is 23.3. The van der Waals surface area contributed by atoms with Crippen LogP contribution in [0.25, 0.3) is 32.9 Å². The van der Waals surface area contributed by atoms with Gasteiger partial charge < -0.3 is 25.5 Å². The van der Waals surface area contributed by atoms with Crippen LogP contribution in [0.15, 0.2) is 48.5 Å². The minimum atomic E-state index is -0.621. The van der Waals surface area contributed by atoms with E-state index in [1.807, 2.05) is 6.07 Å². The molecule has 1 aliphatic rings. The number of methoxy groups -OCH3 is 1. The number of hydrogen-bond donors (Lipinski definition) is 3. The van der Waals surface area contributed by atoms with Crippen LogP contribution >= 0.6 is 0 Å². The quantitative estimate of drug-likeness (QED) is 0.445. The van der Waals surface area contributed by atoms with Gasteiger partial charge in [0.25, 0.3) is 11.8 Å². The summed E-state index contributed by atoms with van der Waals surface area (Å²) in [4.78, 5) is 30.0. The molecule has 1 fully saturated rings. The van der Waals surface area contributed by atoms with Gasteiger partial charge in [-0.15, -0.1) is 0 Å². The Morgan fingerprint density at radius 3 is 2.61 bits per heavy atom. The Bertz CT molecular complexity index is 1430. The van der Waals surface area contributed by atoms with Crippen molar-refractivity contribution in [2.75, 3.05) is 20.2 Å². The summed E-state index contributed by atoms with van der Waals surface area (Å²) in [7, 11) is 1.39. The number of β-amino-alcohol motifs (C(OH)–C–C–N with tert-alkyl or cyclic N) is 1. The molecule has 168 valence electrons. The second-order valence-electron chi connectivity index (χ2n) is 8.24. The molecule has 1 atom stereocenters. The Morgan fingerprint density at radius 2 is 1.94 bits per heavy atom. The van der Waals surface area contributed by atoms with E-state index >= 15 is 0 Å². The summed E-state index contributed by atoms with van der Waals surface area (Å²) < 4.78 is 19.3. The Kier molecular flexibility index (Phi) is 5.02. The fourth-order valence-corrected chi connectivity index (χ4v) is 4.45. The number of carbonyl (C=O) groups is 2. The number of nitrogens with two attached hydrogens (primary N) is 1. The van der Waals surface area contributed by atoms with Gasteiger partial charge in [-0.1, -0.05) is 6.07 Å². The molecule has 0 saturated carbocycles. The van der Waals surface area contributed by atoms with Crippen molar-refractivity contribution in [2.24, 2.45) is 5.73 Å². The van der Waals surface area contributed by atoms with Gasteiger partial charge in [0.1, 0.15) is 0 Å². The number of carbonyl (C=O) groups excluding carboxylic acids is 2. The summed E-state index contributed by atoms with van der Waals surface area (Å²) in [5, 5.41) is 11.2. The van der Waals surface area contributed by atoms with Crippen molar-refractivity contribution < 1.29 is 23.8 Å². The van der Waals surface area contributed by atoms with Gasteiger partial charge in [-0.3, -0.25) is 9.59 Å². The van der Waals surface area contributed by atoms with E-state index in [9.17, 15) is 19.1 Å². The molecule has 1 aliphatic heterocycles. The van der Waals surface area contributed by atoms with E-state index < -0.39 is 17.8 Å². The third kappa shape index (κ3) is 3.58. The lowest BCUT2D eigenvalue weighted by molar-refractivity contribution is 0.0765. The maximum absolute atomic E-state index is 14.3. The lowest BCUT2D eigenvalue weighted by Gasteiger charge is -2.15.